The van der Waals surface area contributed by atoms with Gasteiger partial charge in [-0.1, -0.05) is 35.9 Å². The monoisotopic (exact) mass is 469 g/mol. The largest absolute Gasteiger partial charge is 0.497 e. The van der Waals surface area contributed by atoms with Crippen molar-refractivity contribution in [2.75, 3.05) is 19.1 Å². The second-order valence-electron chi connectivity index (χ2n) is 7.64. The molecule has 6 nitrogen and oxygen atoms in total. The molecule has 1 heterocycles. The minimum absolute atomic E-state index is 0.120. The van der Waals surface area contributed by atoms with Gasteiger partial charge in [-0.25, -0.2) is 4.39 Å². The molecule has 1 amide bonds. The second kappa shape index (κ2) is 8.84. The third-order valence-electron chi connectivity index (χ3n) is 5.74. The Bertz CT molecular complexity index is 1230. The van der Waals surface area contributed by atoms with Crippen LogP contribution >= 0.6 is 11.6 Å². The molecule has 0 saturated carbocycles. The first-order chi connectivity index (χ1) is 15.8. The topological polar surface area (TPSA) is 76.1 Å². The fraction of sp³-hybridized carbons (Fsp3) is 0.200. The molecule has 0 unspecified atom stereocenters. The molecule has 1 N–H and O–H groups in total. The Balaban J connectivity index is 1.71. The van der Waals surface area contributed by atoms with E-state index in [4.69, 9.17) is 21.1 Å². The van der Waals surface area contributed by atoms with E-state index in [-0.39, 0.29) is 34.0 Å². The van der Waals surface area contributed by atoms with Gasteiger partial charge in [0.2, 0.25) is 0 Å². The zero-order chi connectivity index (χ0) is 23.8. The van der Waals surface area contributed by atoms with Crippen LogP contribution in [0.5, 0.6) is 11.5 Å². The minimum Gasteiger partial charge on any atom is -0.497 e. The summed E-state index contributed by atoms with van der Waals surface area (Å²) in [7, 11) is 2.90. The number of anilines is 1. The molecule has 3 aromatic rings. The van der Waals surface area contributed by atoms with Gasteiger partial charge in [-0.05, 0) is 30.3 Å². The van der Waals surface area contributed by atoms with E-state index in [1.165, 1.54) is 43.4 Å². The molecule has 0 saturated heterocycles. The molecule has 0 aliphatic carbocycles. The summed E-state index contributed by atoms with van der Waals surface area (Å²) in [6.45, 7) is -0.191. The number of amides is 1. The smallest absolute Gasteiger partial charge is 0.264 e. The van der Waals surface area contributed by atoms with Crippen molar-refractivity contribution in [2.24, 2.45) is 0 Å². The van der Waals surface area contributed by atoms with Crippen molar-refractivity contribution in [3.8, 4) is 11.5 Å². The van der Waals surface area contributed by atoms with Crippen LogP contribution in [0, 0.1) is 5.82 Å². The summed E-state index contributed by atoms with van der Waals surface area (Å²) in [4.78, 5) is 27.9. The van der Waals surface area contributed by atoms with E-state index in [1.807, 2.05) is 0 Å². The first-order valence-corrected chi connectivity index (χ1v) is 10.5. The van der Waals surface area contributed by atoms with Crippen LogP contribution in [0.1, 0.15) is 27.9 Å². The molecule has 170 valence electrons. The molecular formula is C25H21ClFNO5. The van der Waals surface area contributed by atoms with Gasteiger partial charge in [0.1, 0.15) is 17.3 Å². The second-order valence-corrected chi connectivity index (χ2v) is 8.04. The molecule has 0 bridgehead atoms. The van der Waals surface area contributed by atoms with Gasteiger partial charge in [-0.3, -0.25) is 9.59 Å². The Labute approximate surface area is 195 Å². The lowest BCUT2D eigenvalue weighted by Gasteiger charge is -2.23. The summed E-state index contributed by atoms with van der Waals surface area (Å²) in [6, 6.07) is 15.5. The number of rotatable bonds is 7. The van der Waals surface area contributed by atoms with Crippen LogP contribution in [-0.2, 0) is 16.9 Å². The highest BCUT2D eigenvalue weighted by Crippen LogP contribution is 2.44. The number of methoxy groups -OCH3 is 2. The molecular weight excluding hydrogens is 449 g/mol. The van der Waals surface area contributed by atoms with E-state index < -0.39 is 29.5 Å². The van der Waals surface area contributed by atoms with Crippen LogP contribution in [-0.4, -0.2) is 31.0 Å². The van der Waals surface area contributed by atoms with Gasteiger partial charge in [-0.2, -0.15) is 0 Å². The third-order valence-corrected chi connectivity index (χ3v) is 6.10. The molecule has 0 aromatic heterocycles. The lowest BCUT2D eigenvalue weighted by atomic mass is 9.88. The number of carbonyl (C=O) groups excluding carboxylic acids is 2. The van der Waals surface area contributed by atoms with Crippen molar-refractivity contribution in [3.63, 3.8) is 0 Å². The summed E-state index contributed by atoms with van der Waals surface area (Å²) in [6.07, 6.45) is -0.521. The number of benzene rings is 3. The molecule has 33 heavy (non-hydrogen) atoms. The number of fused-ring (bicyclic) bond motifs is 1. The first-order valence-electron chi connectivity index (χ1n) is 10.1. The Kier molecular flexibility index (Phi) is 6.10. The standard InChI is InChI=1S/C25H21ClFNO5/c1-32-15-10-11-16(23(12-15)33-2)22(29)13-25(31)18-6-3-4-9-21(18)28(24(25)30)14-17-19(26)7-5-8-20(17)27/h3-12,31H,13-14H2,1-2H3/t25-/m0/s1. The molecule has 1 atom stereocenters. The Morgan fingerprint density at radius 3 is 2.55 bits per heavy atom. The number of ketones is 1. The number of carbonyl (C=O) groups is 2. The highest BCUT2D eigenvalue weighted by atomic mass is 35.5. The highest BCUT2D eigenvalue weighted by Gasteiger charge is 2.51. The van der Waals surface area contributed by atoms with E-state index in [0.29, 0.717) is 11.4 Å². The van der Waals surface area contributed by atoms with Gasteiger partial charge in [0, 0.05) is 22.2 Å². The fourth-order valence-corrected chi connectivity index (χ4v) is 4.26. The predicted octanol–water partition coefficient (Wildman–Crippen LogP) is 4.50. The Morgan fingerprint density at radius 2 is 1.85 bits per heavy atom. The quantitative estimate of drug-likeness (QED) is 0.515. The van der Waals surface area contributed by atoms with Crippen LogP contribution in [0.4, 0.5) is 10.1 Å². The maximum atomic E-state index is 14.4. The number of ether oxygens (including phenoxy) is 2. The number of halogens is 2. The molecule has 4 rings (SSSR count). The van der Waals surface area contributed by atoms with Crippen LogP contribution in [0.15, 0.2) is 60.7 Å². The summed E-state index contributed by atoms with van der Waals surface area (Å²) < 4.78 is 24.9. The van der Waals surface area contributed by atoms with E-state index >= 15 is 0 Å². The van der Waals surface area contributed by atoms with E-state index in [0.717, 1.165) is 0 Å². The van der Waals surface area contributed by atoms with Gasteiger partial charge in [0.05, 0.1) is 38.4 Å². The van der Waals surface area contributed by atoms with Gasteiger partial charge in [0.15, 0.2) is 11.4 Å². The van der Waals surface area contributed by atoms with Gasteiger partial charge in [0.25, 0.3) is 5.91 Å². The van der Waals surface area contributed by atoms with Crippen molar-refractivity contribution in [1.82, 2.24) is 0 Å². The van der Waals surface area contributed by atoms with Crippen LogP contribution < -0.4 is 14.4 Å². The number of hydrogen-bond donors (Lipinski definition) is 1. The highest BCUT2D eigenvalue weighted by molar-refractivity contribution is 6.31. The maximum Gasteiger partial charge on any atom is 0.264 e. The summed E-state index contributed by atoms with van der Waals surface area (Å²) in [5, 5.41) is 11.7. The third kappa shape index (κ3) is 3.94. The lowest BCUT2D eigenvalue weighted by Crippen LogP contribution is -2.41. The van der Waals surface area contributed by atoms with Crippen molar-refractivity contribution >= 4 is 29.0 Å². The molecule has 0 fully saturated rings. The summed E-state index contributed by atoms with van der Waals surface area (Å²) >= 11 is 6.16. The van der Waals surface area contributed by atoms with Gasteiger partial charge in [-0.15, -0.1) is 0 Å². The SMILES string of the molecule is COc1ccc(C(=O)C[C@@]2(O)C(=O)N(Cc3c(F)cccc3Cl)c3ccccc32)c(OC)c1. The van der Waals surface area contributed by atoms with E-state index in [1.54, 1.807) is 36.4 Å². The van der Waals surface area contributed by atoms with Crippen LogP contribution in [0.25, 0.3) is 0 Å². The molecule has 1 aliphatic rings. The fourth-order valence-electron chi connectivity index (χ4n) is 4.03. The molecule has 8 heteroatoms. The van der Waals surface area contributed by atoms with E-state index in [9.17, 15) is 19.1 Å². The average molecular weight is 470 g/mol. The maximum absolute atomic E-state index is 14.4. The summed E-state index contributed by atoms with van der Waals surface area (Å²) in [5.41, 5.74) is -1.15. The number of Topliss-reactive ketones (excluding diaryl/α,β-unsaturated/α-hetero) is 1. The van der Waals surface area contributed by atoms with Crippen LogP contribution in [0.3, 0.4) is 0 Å². The van der Waals surface area contributed by atoms with Crippen molar-refractivity contribution in [1.29, 1.82) is 0 Å². The average Bonchev–Trinajstić information content (AvgIpc) is 3.02. The normalized spacial score (nSPS) is 17.1. The molecule has 0 radical (unpaired) electrons. The Hall–Kier alpha value is -3.42. The molecule has 3 aromatic carbocycles. The van der Waals surface area contributed by atoms with Crippen molar-refractivity contribution < 1.29 is 28.6 Å². The zero-order valence-electron chi connectivity index (χ0n) is 18.0. The van der Waals surface area contributed by atoms with Gasteiger partial charge >= 0.3 is 0 Å². The molecule has 0 spiro atoms. The number of aliphatic hydroxyl groups is 1. The van der Waals surface area contributed by atoms with Crippen LogP contribution in [0.2, 0.25) is 5.02 Å². The Morgan fingerprint density at radius 1 is 1.09 bits per heavy atom. The minimum atomic E-state index is -2.13. The zero-order valence-corrected chi connectivity index (χ0v) is 18.7. The number of hydrogen-bond acceptors (Lipinski definition) is 5. The first kappa shape index (κ1) is 22.8. The van der Waals surface area contributed by atoms with Crippen molar-refractivity contribution in [2.45, 2.75) is 18.6 Å². The van der Waals surface area contributed by atoms with Gasteiger partial charge < -0.3 is 19.5 Å². The number of nitrogens with zero attached hydrogens (tertiary/aromatic N) is 1. The van der Waals surface area contributed by atoms with Crippen molar-refractivity contribution in [3.05, 3.63) is 88.2 Å². The lowest BCUT2D eigenvalue weighted by molar-refractivity contribution is -0.136. The van der Waals surface area contributed by atoms with E-state index in [2.05, 4.69) is 0 Å². The summed E-state index contributed by atoms with van der Waals surface area (Å²) in [5.74, 6) is -1.04. The molecule has 1 aliphatic heterocycles. The predicted molar refractivity (Wildman–Crippen MR) is 121 cm³/mol. The number of para-hydroxylation sites is 1.